The third-order valence-corrected chi connectivity index (χ3v) is 11.3. The van der Waals surface area contributed by atoms with Crippen LogP contribution in [-0.2, 0) is 9.53 Å². The van der Waals surface area contributed by atoms with Gasteiger partial charge in [-0.15, -0.1) is 0 Å². The van der Waals surface area contributed by atoms with Gasteiger partial charge in [-0.1, -0.05) is 20.8 Å². The number of esters is 1. The minimum Gasteiger partial charge on any atom is -0.465 e. The van der Waals surface area contributed by atoms with Gasteiger partial charge in [-0.3, -0.25) is 4.79 Å². The molecule has 0 spiro atoms. The SMILES string of the molecule is C[C@H]([C@@H](O)[C@H](O)CC(F)(F)C(F)(F)C(F)(F)F)[C@H]1CC[C@H]2[C@@H]3COC(=O)[C@H]4C[C@H](O)[C@H](O)C[C@@]4(C)[C@H]3CC[C@@]12C. The van der Waals surface area contributed by atoms with Gasteiger partial charge in [0.05, 0.1) is 36.9 Å². The molecule has 3 aliphatic carbocycles. The zero-order valence-electron chi connectivity index (χ0n) is 22.7. The molecule has 232 valence electrons. The lowest BCUT2D eigenvalue weighted by atomic mass is 9.48. The number of ether oxygens (including phenoxy) is 1. The van der Waals surface area contributed by atoms with Crippen LogP contribution in [0, 0.1) is 46.3 Å². The van der Waals surface area contributed by atoms with Crippen molar-refractivity contribution in [3.63, 3.8) is 0 Å². The normalized spacial score (nSPS) is 43.0. The van der Waals surface area contributed by atoms with Crippen molar-refractivity contribution in [3.05, 3.63) is 0 Å². The summed E-state index contributed by atoms with van der Waals surface area (Å²) in [6.45, 7) is 5.49. The van der Waals surface area contributed by atoms with Gasteiger partial charge in [0.2, 0.25) is 0 Å². The van der Waals surface area contributed by atoms with Crippen molar-refractivity contribution in [1.29, 1.82) is 0 Å². The Morgan fingerprint density at radius 3 is 2.15 bits per heavy atom. The first kappa shape index (κ1) is 31.7. The average molecular weight is 593 g/mol. The van der Waals surface area contributed by atoms with Gasteiger partial charge in [0, 0.05) is 6.42 Å². The summed E-state index contributed by atoms with van der Waals surface area (Å²) in [5.41, 5.74) is -1.15. The number of aliphatic hydroxyl groups excluding tert-OH is 4. The zero-order valence-corrected chi connectivity index (χ0v) is 22.7. The van der Waals surface area contributed by atoms with Crippen LogP contribution in [0.2, 0.25) is 0 Å². The van der Waals surface area contributed by atoms with Crippen LogP contribution in [0.5, 0.6) is 0 Å². The second kappa shape index (κ2) is 10.2. The van der Waals surface area contributed by atoms with Gasteiger partial charge in [-0.25, -0.2) is 0 Å². The van der Waals surface area contributed by atoms with Gasteiger partial charge in [0.1, 0.15) is 0 Å². The lowest BCUT2D eigenvalue weighted by Gasteiger charge is -2.56. The molecule has 0 aromatic heterocycles. The molecule has 1 aliphatic heterocycles. The number of hydrogen-bond donors (Lipinski definition) is 4. The fourth-order valence-corrected chi connectivity index (χ4v) is 9.00. The second-order valence-electron chi connectivity index (χ2n) is 13.3. The summed E-state index contributed by atoms with van der Waals surface area (Å²) in [6.07, 6.45) is -12.7. The fraction of sp³-hybridized carbons (Fsp3) is 0.963. The molecule has 0 bridgehead atoms. The van der Waals surface area contributed by atoms with Crippen LogP contribution in [0.4, 0.5) is 30.7 Å². The van der Waals surface area contributed by atoms with E-state index < -0.39 is 77.5 Å². The third kappa shape index (κ3) is 4.84. The van der Waals surface area contributed by atoms with E-state index >= 15 is 0 Å². The third-order valence-electron chi connectivity index (χ3n) is 11.3. The van der Waals surface area contributed by atoms with Crippen molar-refractivity contribution < 1.29 is 60.7 Å². The molecule has 0 radical (unpaired) electrons. The Hall–Kier alpha value is -1.18. The monoisotopic (exact) mass is 592 g/mol. The molecule has 1 saturated heterocycles. The highest BCUT2D eigenvalue weighted by atomic mass is 19.4. The first-order valence-electron chi connectivity index (χ1n) is 13.9. The molecule has 0 unspecified atom stereocenters. The number of alkyl halides is 7. The van der Waals surface area contributed by atoms with Crippen molar-refractivity contribution in [2.24, 2.45) is 46.3 Å². The average Bonchev–Trinajstić information content (AvgIpc) is 3.14. The first-order chi connectivity index (χ1) is 18.2. The van der Waals surface area contributed by atoms with Crippen LogP contribution in [0.3, 0.4) is 0 Å². The van der Waals surface area contributed by atoms with E-state index in [-0.39, 0.29) is 43.1 Å². The van der Waals surface area contributed by atoms with Gasteiger partial charge < -0.3 is 25.2 Å². The minimum atomic E-state index is -6.53. The van der Waals surface area contributed by atoms with Crippen LogP contribution in [-0.4, -0.2) is 75.4 Å². The Balaban J connectivity index is 1.52. The molecule has 3 saturated carbocycles. The van der Waals surface area contributed by atoms with Crippen molar-refractivity contribution in [2.45, 2.75) is 108 Å². The van der Waals surface area contributed by atoms with E-state index in [2.05, 4.69) is 0 Å². The molecular formula is C27H39F7O6. The maximum atomic E-state index is 14.0. The summed E-state index contributed by atoms with van der Waals surface area (Å²) < 4.78 is 98.0. The van der Waals surface area contributed by atoms with E-state index in [1.807, 2.05) is 13.8 Å². The van der Waals surface area contributed by atoms with Crippen molar-refractivity contribution in [2.75, 3.05) is 6.61 Å². The Morgan fingerprint density at radius 2 is 1.55 bits per heavy atom. The molecule has 0 aromatic rings. The Bertz CT molecular complexity index is 962. The second-order valence-corrected chi connectivity index (χ2v) is 13.3. The van der Waals surface area contributed by atoms with Crippen LogP contribution in [0.15, 0.2) is 0 Å². The van der Waals surface area contributed by atoms with Crippen LogP contribution in [0.1, 0.15) is 65.7 Å². The molecule has 40 heavy (non-hydrogen) atoms. The van der Waals surface area contributed by atoms with Crippen LogP contribution < -0.4 is 0 Å². The Labute approximate surface area is 228 Å². The summed E-state index contributed by atoms with van der Waals surface area (Å²) in [5, 5.41) is 41.6. The van der Waals surface area contributed by atoms with E-state index in [0.29, 0.717) is 25.7 Å². The van der Waals surface area contributed by atoms with Crippen molar-refractivity contribution in [3.8, 4) is 0 Å². The molecule has 1 heterocycles. The van der Waals surface area contributed by atoms with Crippen molar-refractivity contribution in [1.82, 2.24) is 0 Å². The lowest BCUT2D eigenvalue weighted by Crippen LogP contribution is -2.55. The summed E-state index contributed by atoms with van der Waals surface area (Å²) in [5.74, 6) is -14.5. The Morgan fingerprint density at radius 1 is 0.950 bits per heavy atom. The maximum Gasteiger partial charge on any atom is 0.459 e. The predicted octanol–water partition coefficient (Wildman–Crippen LogP) is 4.32. The highest BCUT2D eigenvalue weighted by molar-refractivity contribution is 5.74. The minimum absolute atomic E-state index is 0.0305. The number of carbonyl (C=O) groups is 1. The molecular weight excluding hydrogens is 553 g/mol. The molecule has 4 rings (SSSR count). The quantitative estimate of drug-likeness (QED) is 0.271. The molecule has 6 nitrogen and oxygen atoms in total. The highest BCUT2D eigenvalue weighted by Crippen LogP contribution is 2.66. The summed E-state index contributed by atoms with van der Waals surface area (Å²) >= 11 is 0. The molecule has 4 aliphatic rings. The van der Waals surface area contributed by atoms with E-state index in [4.69, 9.17) is 4.74 Å². The molecule has 13 heteroatoms. The van der Waals surface area contributed by atoms with E-state index in [0.717, 1.165) is 0 Å². The van der Waals surface area contributed by atoms with E-state index in [1.54, 1.807) is 0 Å². The van der Waals surface area contributed by atoms with Gasteiger partial charge in [0.25, 0.3) is 0 Å². The number of cyclic esters (lactones) is 1. The van der Waals surface area contributed by atoms with Gasteiger partial charge in [-0.2, -0.15) is 30.7 Å². The number of hydrogen-bond acceptors (Lipinski definition) is 6. The number of aliphatic hydroxyl groups is 4. The standard InChI is InChI=1S/C27H39F7O6/c1-12(21(38)20(37)10-25(28,29)26(30,31)27(32,33)34)14-4-5-15-13-11-40-22(39)17-8-18(35)19(36)9-24(17,3)16(13)6-7-23(14,15)2/h12-21,35-38H,4-11H2,1-3H3/t12-,13-,14+,15-,16-,17+,18-,19+,20+,21+,23-,24-/m0/s1. The van der Waals surface area contributed by atoms with E-state index in [1.165, 1.54) is 6.92 Å². The largest absolute Gasteiger partial charge is 0.465 e. The molecule has 0 aromatic carbocycles. The number of fused-ring (bicyclic) bond motifs is 5. The summed E-state index contributed by atoms with van der Waals surface area (Å²) in [6, 6.07) is 0. The fourth-order valence-electron chi connectivity index (χ4n) is 9.00. The smallest absolute Gasteiger partial charge is 0.459 e. The lowest BCUT2D eigenvalue weighted by molar-refractivity contribution is -0.359. The van der Waals surface area contributed by atoms with Crippen LogP contribution in [0.25, 0.3) is 0 Å². The maximum absolute atomic E-state index is 14.0. The number of carbonyl (C=O) groups excluding carboxylic acids is 1. The molecule has 4 N–H and O–H groups in total. The zero-order chi connectivity index (χ0) is 30.2. The first-order valence-corrected chi connectivity index (χ1v) is 13.9. The van der Waals surface area contributed by atoms with E-state index in [9.17, 15) is 56.0 Å². The molecule has 4 fully saturated rings. The number of rotatable bonds is 6. The summed E-state index contributed by atoms with van der Waals surface area (Å²) in [4.78, 5) is 12.9. The van der Waals surface area contributed by atoms with Crippen LogP contribution >= 0.6 is 0 Å². The molecule has 12 atom stereocenters. The highest BCUT2D eigenvalue weighted by Gasteiger charge is 2.73. The molecule has 0 amide bonds. The topological polar surface area (TPSA) is 107 Å². The van der Waals surface area contributed by atoms with Gasteiger partial charge in [-0.05, 0) is 78.9 Å². The van der Waals surface area contributed by atoms with Gasteiger partial charge in [0.15, 0.2) is 0 Å². The van der Waals surface area contributed by atoms with Gasteiger partial charge >= 0.3 is 24.0 Å². The van der Waals surface area contributed by atoms with Crippen molar-refractivity contribution >= 4 is 5.97 Å². The Kier molecular flexibility index (Phi) is 8.11. The summed E-state index contributed by atoms with van der Waals surface area (Å²) in [7, 11) is 0. The predicted molar refractivity (Wildman–Crippen MR) is 126 cm³/mol. The number of halogens is 7.